The molecule has 2 aromatic carbocycles. The number of rotatable bonds is 4. The molecular weight excluding hydrogens is 299 g/mol. The maximum absolute atomic E-state index is 13.6. The highest BCUT2D eigenvalue weighted by atomic mass is 19.1. The largest absolute Gasteiger partial charge is 0.485 e. The van der Waals surface area contributed by atoms with E-state index in [0.29, 0.717) is 11.5 Å². The summed E-state index contributed by atoms with van der Waals surface area (Å²) < 4.78 is 24.7. The predicted molar refractivity (Wildman–Crippen MR) is 83.1 cm³/mol. The number of hydrazine groups is 1. The Kier molecular flexibility index (Phi) is 4.14. The van der Waals surface area contributed by atoms with E-state index in [1.165, 1.54) is 6.07 Å². The number of hydrogen-bond acceptors (Lipinski definition) is 4. The first-order valence-electron chi connectivity index (χ1n) is 7.03. The van der Waals surface area contributed by atoms with Crippen LogP contribution in [0, 0.1) is 5.82 Å². The molecule has 1 aliphatic heterocycles. The van der Waals surface area contributed by atoms with Crippen LogP contribution in [0.5, 0.6) is 11.5 Å². The lowest BCUT2D eigenvalue weighted by molar-refractivity contribution is -0.131. The standard InChI is InChI=1S/C17H15FN2O3/c1-11(12-6-2-3-7-13(12)18)19-20-17(21)16-10-22-14-8-4-5-9-15(14)23-16/h2-9,16,19H,1,10H2,(H,20,21). The fraction of sp³-hybridized carbons (Fsp3) is 0.118. The van der Waals surface area contributed by atoms with E-state index in [0.717, 1.165) is 0 Å². The predicted octanol–water partition coefficient (Wildman–Crippen LogP) is 2.26. The van der Waals surface area contributed by atoms with Gasteiger partial charge in [0.15, 0.2) is 11.5 Å². The number of benzene rings is 2. The molecule has 2 aromatic rings. The SMILES string of the molecule is C=C(NNC(=O)C1COc2ccccc2O1)c1ccccc1F. The zero-order valence-corrected chi connectivity index (χ0v) is 12.2. The quantitative estimate of drug-likeness (QED) is 0.850. The van der Waals surface area contributed by atoms with Gasteiger partial charge >= 0.3 is 0 Å². The van der Waals surface area contributed by atoms with Gasteiger partial charge in [-0.2, -0.15) is 0 Å². The topological polar surface area (TPSA) is 59.6 Å². The van der Waals surface area contributed by atoms with Crippen molar-refractivity contribution in [2.75, 3.05) is 6.61 Å². The molecule has 1 unspecified atom stereocenters. The molecule has 3 rings (SSSR count). The highest BCUT2D eigenvalue weighted by Crippen LogP contribution is 2.30. The van der Waals surface area contributed by atoms with Crippen molar-refractivity contribution in [1.82, 2.24) is 10.9 Å². The second kappa shape index (κ2) is 6.39. The van der Waals surface area contributed by atoms with E-state index >= 15 is 0 Å². The van der Waals surface area contributed by atoms with Crippen LogP contribution in [0.4, 0.5) is 4.39 Å². The van der Waals surface area contributed by atoms with E-state index in [1.807, 2.05) is 6.07 Å². The van der Waals surface area contributed by atoms with Gasteiger partial charge in [0.05, 0.1) is 5.70 Å². The molecule has 0 radical (unpaired) electrons. The van der Waals surface area contributed by atoms with Crippen molar-refractivity contribution in [3.63, 3.8) is 0 Å². The molecule has 0 aromatic heterocycles. The molecule has 5 nitrogen and oxygen atoms in total. The van der Waals surface area contributed by atoms with Crippen molar-refractivity contribution in [2.24, 2.45) is 0 Å². The summed E-state index contributed by atoms with van der Waals surface area (Å²) in [5.74, 6) is 0.245. The summed E-state index contributed by atoms with van der Waals surface area (Å²) in [5.41, 5.74) is 5.56. The Morgan fingerprint density at radius 2 is 1.78 bits per heavy atom. The van der Waals surface area contributed by atoms with E-state index in [-0.39, 0.29) is 17.9 Å². The zero-order valence-electron chi connectivity index (χ0n) is 12.2. The number of ether oxygens (including phenoxy) is 2. The van der Waals surface area contributed by atoms with Crippen LogP contribution < -0.4 is 20.3 Å². The van der Waals surface area contributed by atoms with Gasteiger partial charge in [-0.05, 0) is 24.3 Å². The van der Waals surface area contributed by atoms with Gasteiger partial charge in [0, 0.05) is 5.56 Å². The molecule has 118 valence electrons. The number of para-hydroxylation sites is 2. The van der Waals surface area contributed by atoms with Crippen LogP contribution in [-0.4, -0.2) is 18.6 Å². The summed E-state index contributed by atoms with van der Waals surface area (Å²) in [7, 11) is 0. The van der Waals surface area contributed by atoms with Gasteiger partial charge in [-0.25, -0.2) is 4.39 Å². The Balaban J connectivity index is 1.58. The molecule has 1 amide bonds. The number of halogens is 1. The van der Waals surface area contributed by atoms with Crippen molar-refractivity contribution < 1.29 is 18.7 Å². The van der Waals surface area contributed by atoms with Crippen LogP contribution in [0.3, 0.4) is 0 Å². The minimum atomic E-state index is -0.800. The third kappa shape index (κ3) is 3.26. The lowest BCUT2D eigenvalue weighted by Gasteiger charge is -2.25. The molecule has 0 bridgehead atoms. The number of carbonyl (C=O) groups excluding carboxylic acids is 1. The molecule has 23 heavy (non-hydrogen) atoms. The van der Waals surface area contributed by atoms with Crippen LogP contribution >= 0.6 is 0 Å². The van der Waals surface area contributed by atoms with Crippen LogP contribution in [0.25, 0.3) is 5.70 Å². The zero-order chi connectivity index (χ0) is 16.2. The first-order chi connectivity index (χ1) is 11.1. The van der Waals surface area contributed by atoms with E-state index in [9.17, 15) is 9.18 Å². The highest BCUT2D eigenvalue weighted by molar-refractivity contribution is 5.82. The van der Waals surface area contributed by atoms with Gasteiger partial charge in [0.25, 0.3) is 5.91 Å². The smallest absolute Gasteiger partial charge is 0.282 e. The second-order valence-corrected chi connectivity index (χ2v) is 4.94. The molecule has 1 atom stereocenters. The summed E-state index contributed by atoms with van der Waals surface area (Å²) >= 11 is 0. The molecular formula is C17H15FN2O3. The van der Waals surface area contributed by atoms with Crippen molar-refractivity contribution in [1.29, 1.82) is 0 Å². The van der Waals surface area contributed by atoms with Gasteiger partial charge < -0.3 is 9.47 Å². The number of carbonyl (C=O) groups is 1. The Hall–Kier alpha value is -3.02. The van der Waals surface area contributed by atoms with Crippen LogP contribution in [0.15, 0.2) is 55.1 Å². The maximum atomic E-state index is 13.6. The average molecular weight is 314 g/mol. The molecule has 1 aliphatic rings. The Labute approximate surface area is 132 Å². The van der Waals surface area contributed by atoms with Gasteiger partial charge in [-0.3, -0.25) is 15.6 Å². The van der Waals surface area contributed by atoms with E-state index in [2.05, 4.69) is 17.4 Å². The number of nitrogens with one attached hydrogen (secondary N) is 2. The molecule has 1 heterocycles. The van der Waals surface area contributed by atoms with Crippen molar-refractivity contribution in [3.8, 4) is 11.5 Å². The van der Waals surface area contributed by atoms with Gasteiger partial charge in [0.2, 0.25) is 6.10 Å². The normalized spacial score (nSPS) is 15.6. The molecule has 0 spiro atoms. The summed E-state index contributed by atoms with van der Waals surface area (Å²) in [4.78, 5) is 12.1. The maximum Gasteiger partial charge on any atom is 0.282 e. The molecule has 0 saturated carbocycles. The number of fused-ring (bicyclic) bond motifs is 1. The van der Waals surface area contributed by atoms with Gasteiger partial charge in [-0.1, -0.05) is 30.8 Å². The van der Waals surface area contributed by atoms with Gasteiger partial charge in [0.1, 0.15) is 12.4 Å². The van der Waals surface area contributed by atoms with Crippen LogP contribution in [0.1, 0.15) is 5.56 Å². The molecule has 0 saturated heterocycles. The van der Waals surface area contributed by atoms with Crippen LogP contribution in [0.2, 0.25) is 0 Å². The molecule has 0 fully saturated rings. The second-order valence-electron chi connectivity index (χ2n) is 4.94. The highest BCUT2D eigenvalue weighted by Gasteiger charge is 2.27. The van der Waals surface area contributed by atoms with Gasteiger partial charge in [-0.15, -0.1) is 0 Å². The minimum absolute atomic E-state index is 0.0939. The Bertz CT molecular complexity index is 748. The fourth-order valence-corrected chi connectivity index (χ4v) is 2.14. The average Bonchev–Trinajstić information content (AvgIpc) is 2.59. The summed E-state index contributed by atoms with van der Waals surface area (Å²) in [6.07, 6.45) is -0.800. The van der Waals surface area contributed by atoms with Crippen LogP contribution in [-0.2, 0) is 4.79 Å². The Morgan fingerprint density at radius 1 is 1.09 bits per heavy atom. The molecule has 0 aliphatic carbocycles. The van der Waals surface area contributed by atoms with Crippen molar-refractivity contribution >= 4 is 11.6 Å². The summed E-state index contributed by atoms with van der Waals surface area (Å²) in [5, 5.41) is 0. The third-order valence-corrected chi connectivity index (χ3v) is 3.34. The molecule has 2 N–H and O–H groups in total. The van der Waals surface area contributed by atoms with Crippen molar-refractivity contribution in [3.05, 3.63) is 66.5 Å². The molecule has 6 heteroatoms. The minimum Gasteiger partial charge on any atom is -0.485 e. The first-order valence-corrected chi connectivity index (χ1v) is 7.03. The summed E-state index contributed by atoms with van der Waals surface area (Å²) in [6.45, 7) is 3.79. The van der Waals surface area contributed by atoms with Crippen molar-refractivity contribution in [2.45, 2.75) is 6.10 Å². The first kappa shape index (κ1) is 14.9. The number of hydrogen-bond donors (Lipinski definition) is 2. The van der Waals surface area contributed by atoms with E-state index in [1.54, 1.807) is 36.4 Å². The summed E-state index contributed by atoms with van der Waals surface area (Å²) in [6, 6.07) is 13.2. The lowest BCUT2D eigenvalue weighted by Crippen LogP contribution is -2.48. The van der Waals surface area contributed by atoms with E-state index in [4.69, 9.17) is 9.47 Å². The number of amides is 1. The van der Waals surface area contributed by atoms with E-state index < -0.39 is 17.8 Å². The Morgan fingerprint density at radius 3 is 2.57 bits per heavy atom. The monoisotopic (exact) mass is 314 g/mol. The lowest BCUT2D eigenvalue weighted by atomic mass is 10.2. The third-order valence-electron chi connectivity index (χ3n) is 3.34. The fourth-order valence-electron chi connectivity index (χ4n) is 2.14.